The number of carbonyl (C=O) groups is 1. The molecular weight excluding hydrogens is 470 g/mol. The summed E-state index contributed by atoms with van der Waals surface area (Å²) in [6.07, 6.45) is 14.7. The molecular formula is C34H54NO3+. The van der Waals surface area contributed by atoms with Gasteiger partial charge in [-0.25, -0.2) is 0 Å². The molecule has 2 rings (SSSR count). The van der Waals surface area contributed by atoms with Gasteiger partial charge in [-0.15, -0.1) is 0 Å². The first kappa shape index (κ1) is 31.9. The Labute approximate surface area is 233 Å². The van der Waals surface area contributed by atoms with Crippen LogP contribution in [-0.2, 0) is 22.5 Å². The molecule has 0 aliphatic heterocycles. The Balaban J connectivity index is 1.64. The van der Waals surface area contributed by atoms with E-state index in [4.69, 9.17) is 9.47 Å². The molecule has 2 aromatic carbocycles. The minimum atomic E-state index is -0.607. The molecule has 38 heavy (non-hydrogen) atoms. The largest absolute Gasteiger partial charge is 0.455 e. The van der Waals surface area contributed by atoms with Gasteiger partial charge in [0.25, 0.3) is 0 Å². The van der Waals surface area contributed by atoms with E-state index >= 15 is 0 Å². The lowest BCUT2D eigenvalue weighted by molar-refractivity contribution is -0.904. The van der Waals surface area contributed by atoms with E-state index in [2.05, 4.69) is 57.4 Å². The zero-order valence-corrected chi connectivity index (χ0v) is 24.9. The van der Waals surface area contributed by atoms with E-state index in [1.165, 1.54) is 75.3 Å². The number of ether oxygens (including phenoxy) is 2. The molecule has 0 aromatic heterocycles. The lowest BCUT2D eigenvalue weighted by atomic mass is 10.0. The lowest BCUT2D eigenvalue weighted by Crippen LogP contribution is -2.41. The van der Waals surface area contributed by atoms with Crippen LogP contribution in [0.25, 0.3) is 0 Å². The van der Waals surface area contributed by atoms with Crippen molar-refractivity contribution in [3.63, 3.8) is 0 Å². The van der Waals surface area contributed by atoms with Crippen molar-refractivity contribution in [3.05, 3.63) is 65.7 Å². The molecule has 0 aliphatic rings. The molecule has 212 valence electrons. The molecule has 2 atom stereocenters. The second-order valence-electron chi connectivity index (χ2n) is 11.7. The smallest absolute Gasteiger partial charge is 0.311 e. The number of hydrogen-bond donors (Lipinski definition) is 0. The van der Waals surface area contributed by atoms with Crippen LogP contribution in [0.15, 0.2) is 54.6 Å². The molecule has 4 heteroatoms. The Morgan fingerprint density at radius 2 is 1.39 bits per heavy atom. The van der Waals surface area contributed by atoms with Crippen LogP contribution < -0.4 is 4.74 Å². The number of nitrogens with zero attached hydrogens (tertiary/aromatic N) is 1. The number of carbonyl (C=O) groups excluding carboxylic acids is 1. The summed E-state index contributed by atoms with van der Waals surface area (Å²) in [5, 5.41) is 0. The van der Waals surface area contributed by atoms with Crippen molar-refractivity contribution in [1.82, 2.24) is 0 Å². The number of hydrogen-bond acceptors (Lipinski definition) is 3. The molecule has 0 heterocycles. The van der Waals surface area contributed by atoms with Crippen LogP contribution in [-0.4, -0.2) is 37.4 Å². The minimum Gasteiger partial charge on any atom is -0.455 e. The fourth-order valence-electron chi connectivity index (χ4n) is 4.90. The van der Waals surface area contributed by atoms with E-state index < -0.39 is 6.29 Å². The molecule has 0 amide bonds. The van der Waals surface area contributed by atoms with Crippen molar-refractivity contribution in [2.24, 2.45) is 5.92 Å². The number of benzene rings is 2. The summed E-state index contributed by atoms with van der Waals surface area (Å²) in [6, 6.07) is 18.7. The number of rotatable bonds is 20. The molecule has 0 saturated heterocycles. The van der Waals surface area contributed by atoms with Crippen molar-refractivity contribution in [3.8, 4) is 5.75 Å². The molecule has 0 fully saturated rings. The first-order chi connectivity index (χ1) is 18.3. The predicted molar refractivity (Wildman–Crippen MR) is 159 cm³/mol. The second kappa shape index (κ2) is 18.0. The van der Waals surface area contributed by atoms with E-state index in [0.717, 1.165) is 36.2 Å². The highest BCUT2D eigenvalue weighted by Crippen LogP contribution is 2.19. The Hall–Kier alpha value is -2.33. The Morgan fingerprint density at radius 3 is 2.05 bits per heavy atom. The van der Waals surface area contributed by atoms with Gasteiger partial charge in [0.15, 0.2) is 0 Å². The van der Waals surface area contributed by atoms with Gasteiger partial charge in [0.2, 0.25) is 6.29 Å². The van der Waals surface area contributed by atoms with Gasteiger partial charge in [-0.1, -0.05) is 114 Å². The Morgan fingerprint density at radius 1 is 0.789 bits per heavy atom. The first-order valence-corrected chi connectivity index (χ1v) is 15.1. The monoisotopic (exact) mass is 524 g/mol. The summed E-state index contributed by atoms with van der Waals surface area (Å²) in [5.41, 5.74) is 2.59. The maximum absolute atomic E-state index is 12.7. The summed E-state index contributed by atoms with van der Waals surface area (Å²) >= 11 is 0. The van der Waals surface area contributed by atoms with Gasteiger partial charge in [0, 0.05) is 18.9 Å². The summed E-state index contributed by atoms with van der Waals surface area (Å²) in [7, 11) is 4.42. The van der Waals surface area contributed by atoms with Crippen molar-refractivity contribution in [2.75, 3.05) is 20.6 Å². The molecule has 2 aromatic rings. The van der Waals surface area contributed by atoms with Gasteiger partial charge in [-0.05, 0) is 30.5 Å². The molecule has 0 saturated carbocycles. The molecule has 0 N–H and O–H groups in total. The van der Waals surface area contributed by atoms with Gasteiger partial charge >= 0.3 is 5.97 Å². The standard InChI is InChI=1S/C34H54NO3/c1-6-7-8-9-10-11-12-13-14-16-20-31-23-19-24-33(27-31)37-30(3)38-34(36)29(2)25-26-35(4,5)28-32-21-17-15-18-22-32/h15,17-19,21-24,27,29-30H,6-14,16,20,25-26,28H2,1-5H3/q+1. The Bertz CT molecular complexity index is 896. The van der Waals surface area contributed by atoms with Crippen molar-refractivity contribution >= 4 is 5.97 Å². The van der Waals surface area contributed by atoms with Crippen LogP contribution in [0.1, 0.15) is 103 Å². The van der Waals surface area contributed by atoms with Crippen molar-refractivity contribution in [2.45, 2.75) is 111 Å². The van der Waals surface area contributed by atoms with E-state index in [0.29, 0.717) is 0 Å². The SMILES string of the molecule is CCCCCCCCCCCCc1cccc(OC(C)OC(=O)C(C)CC[N+](C)(C)Cc2ccccc2)c1. The Kier molecular flexibility index (Phi) is 15.1. The van der Waals surface area contributed by atoms with Crippen molar-refractivity contribution in [1.29, 1.82) is 0 Å². The van der Waals surface area contributed by atoms with Crippen LogP contribution in [0.4, 0.5) is 0 Å². The highest BCUT2D eigenvalue weighted by molar-refractivity contribution is 5.72. The second-order valence-corrected chi connectivity index (χ2v) is 11.7. The van der Waals surface area contributed by atoms with Crippen LogP contribution in [0.2, 0.25) is 0 Å². The van der Waals surface area contributed by atoms with Gasteiger partial charge in [-0.2, -0.15) is 0 Å². The highest BCUT2D eigenvalue weighted by atomic mass is 16.7. The third-order valence-corrected chi connectivity index (χ3v) is 7.32. The number of unbranched alkanes of at least 4 members (excludes halogenated alkanes) is 9. The molecule has 0 aliphatic carbocycles. The molecule has 0 bridgehead atoms. The van der Waals surface area contributed by atoms with Gasteiger partial charge in [0.05, 0.1) is 26.6 Å². The number of quaternary nitrogens is 1. The van der Waals surface area contributed by atoms with Crippen LogP contribution >= 0.6 is 0 Å². The third-order valence-electron chi connectivity index (χ3n) is 7.32. The molecule has 0 spiro atoms. The lowest BCUT2D eigenvalue weighted by Gasteiger charge is -2.31. The van der Waals surface area contributed by atoms with E-state index in [-0.39, 0.29) is 11.9 Å². The maximum Gasteiger partial charge on any atom is 0.311 e. The fraction of sp³-hybridized carbons (Fsp3) is 0.618. The van der Waals surface area contributed by atoms with E-state index in [1.54, 1.807) is 6.92 Å². The topological polar surface area (TPSA) is 35.5 Å². The molecule has 0 radical (unpaired) electrons. The highest BCUT2D eigenvalue weighted by Gasteiger charge is 2.23. The van der Waals surface area contributed by atoms with E-state index in [9.17, 15) is 4.79 Å². The minimum absolute atomic E-state index is 0.170. The number of esters is 1. The van der Waals surface area contributed by atoms with Gasteiger partial charge < -0.3 is 14.0 Å². The summed E-state index contributed by atoms with van der Waals surface area (Å²) in [5.74, 6) is 0.402. The van der Waals surface area contributed by atoms with Crippen LogP contribution in [0, 0.1) is 5.92 Å². The summed E-state index contributed by atoms with van der Waals surface area (Å²) in [6.45, 7) is 7.87. The van der Waals surface area contributed by atoms with Crippen LogP contribution in [0.3, 0.4) is 0 Å². The maximum atomic E-state index is 12.7. The van der Waals surface area contributed by atoms with Crippen LogP contribution in [0.5, 0.6) is 5.75 Å². The zero-order valence-electron chi connectivity index (χ0n) is 24.9. The normalized spacial score (nSPS) is 13.2. The number of aryl methyl sites for hydroxylation is 1. The van der Waals surface area contributed by atoms with E-state index in [1.807, 2.05) is 25.1 Å². The average molecular weight is 525 g/mol. The summed E-state index contributed by atoms with van der Waals surface area (Å²) in [4.78, 5) is 12.7. The third kappa shape index (κ3) is 14.0. The zero-order chi connectivity index (χ0) is 27.6. The quantitative estimate of drug-likeness (QED) is 0.0752. The van der Waals surface area contributed by atoms with Gasteiger partial charge in [-0.3, -0.25) is 4.79 Å². The molecule has 2 unspecified atom stereocenters. The van der Waals surface area contributed by atoms with Gasteiger partial charge in [0.1, 0.15) is 12.3 Å². The summed E-state index contributed by atoms with van der Waals surface area (Å²) < 4.78 is 12.4. The first-order valence-electron chi connectivity index (χ1n) is 15.1. The fourth-order valence-corrected chi connectivity index (χ4v) is 4.90. The average Bonchev–Trinajstić information content (AvgIpc) is 2.89. The predicted octanol–water partition coefficient (Wildman–Crippen LogP) is 8.72. The molecule has 4 nitrogen and oxygen atoms in total. The van der Waals surface area contributed by atoms with Crippen molar-refractivity contribution < 1.29 is 18.8 Å².